The van der Waals surface area contributed by atoms with Gasteiger partial charge in [0.1, 0.15) is 5.92 Å². The van der Waals surface area contributed by atoms with E-state index >= 15 is 0 Å². The molecule has 0 unspecified atom stereocenters. The number of esters is 1. The maximum Gasteiger partial charge on any atom is 2.00 e. The normalized spacial score (nSPS) is 17.0. The quantitative estimate of drug-likeness (QED) is 0.288. The van der Waals surface area contributed by atoms with Crippen molar-refractivity contribution in [2.45, 2.75) is 65.9 Å². The van der Waals surface area contributed by atoms with Gasteiger partial charge in [-0.05, 0) is 57.2 Å². The molecule has 226 valence electrons. The van der Waals surface area contributed by atoms with Crippen LogP contribution in [0.25, 0.3) is 44.4 Å². The number of allylic oxidation sites excluding steroid dienone is 4. The Kier molecular flexibility index (Phi) is 8.69. The Labute approximate surface area is 277 Å². The molecule has 6 rings (SSSR count). The molecule has 45 heavy (non-hydrogen) atoms. The van der Waals surface area contributed by atoms with Crippen molar-refractivity contribution in [1.29, 1.82) is 0 Å². The van der Waals surface area contributed by atoms with E-state index in [0.717, 1.165) is 56.6 Å². The number of nitrogens with zero attached hydrogens (tertiary/aromatic N) is 4. The van der Waals surface area contributed by atoms with Crippen LogP contribution in [-0.2, 0) is 27.2 Å². The first-order valence-electron chi connectivity index (χ1n) is 14.7. The number of methoxy groups -OCH3 is 1. The second kappa shape index (κ2) is 12.1. The molecule has 3 aliphatic rings. The van der Waals surface area contributed by atoms with Crippen molar-refractivity contribution < 1.29 is 24.5 Å². The van der Waals surface area contributed by atoms with Gasteiger partial charge in [0.25, 0.3) is 0 Å². The average molecular weight is 615 g/mol. The number of carbonyl (C=O) groups excluding carboxylic acids is 1. The molecular formula is C35H34MgN4O5. The molecule has 0 radical (unpaired) electrons. The van der Waals surface area contributed by atoms with Gasteiger partial charge < -0.3 is 24.9 Å². The number of rotatable bonds is 6. The van der Waals surface area contributed by atoms with Crippen molar-refractivity contribution in [1.82, 2.24) is 19.9 Å². The molecule has 0 amide bonds. The molecule has 0 spiro atoms. The zero-order valence-corrected chi connectivity index (χ0v) is 27.8. The third-order valence-corrected chi connectivity index (χ3v) is 9.18. The number of hydrogen-bond donors (Lipinski definition) is 2. The molecule has 3 aromatic heterocycles. The van der Waals surface area contributed by atoms with Gasteiger partial charge in [-0.1, -0.05) is 60.0 Å². The summed E-state index contributed by atoms with van der Waals surface area (Å²) < 4.78 is 5.16. The number of carboxylic acid groups (broad SMARTS) is 1. The van der Waals surface area contributed by atoms with Crippen LogP contribution in [0.3, 0.4) is 0 Å². The molecule has 5 heterocycles. The number of fused-ring (bicyclic) bond motifs is 8. The minimum atomic E-state index is -1.21. The van der Waals surface area contributed by atoms with Gasteiger partial charge in [0, 0.05) is 17.6 Å². The first kappa shape index (κ1) is 32.4. The van der Waals surface area contributed by atoms with Crippen molar-refractivity contribution in [3.05, 3.63) is 81.4 Å². The number of carbonyl (C=O) groups is 2. The topological polar surface area (TPSA) is 138 Å². The van der Waals surface area contributed by atoms with E-state index in [-0.39, 0.29) is 35.9 Å². The summed E-state index contributed by atoms with van der Waals surface area (Å²) in [4.78, 5) is 44.9. The Balaban J connectivity index is 0.00000400. The minimum absolute atomic E-state index is 0. The Morgan fingerprint density at radius 3 is 2.22 bits per heavy atom. The van der Waals surface area contributed by atoms with Gasteiger partial charge in [0.05, 0.1) is 36.0 Å². The van der Waals surface area contributed by atoms with Gasteiger partial charge >= 0.3 is 35.0 Å². The van der Waals surface area contributed by atoms with Crippen molar-refractivity contribution in [3.8, 4) is 0 Å². The van der Waals surface area contributed by atoms with E-state index < -0.39 is 24.0 Å². The molecule has 8 bridgehead atoms. The predicted molar refractivity (Wildman–Crippen MR) is 175 cm³/mol. The molecule has 10 heteroatoms. The van der Waals surface area contributed by atoms with E-state index in [0.29, 0.717) is 44.8 Å². The monoisotopic (exact) mass is 614 g/mol. The predicted octanol–water partition coefficient (Wildman–Crippen LogP) is 5.07. The molecule has 1 aliphatic carbocycles. The van der Waals surface area contributed by atoms with Crippen molar-refractivity contribution in [2.75, 3.05) is 7.11 Å². The summed E-state index contributed by atoms with van der Waals surface area (Å²) in [6.45, 7) is 13.9. The fourth-order valence-electron chi connectivity index (χ4n) is 6.73. The molecule has 2 aliphatic heterocycles. The molecule has 9 nitrogen and oxygen atoms in total. The Morgan fingerprint density at radius 2 is 1.58 bits per heavy atom. The molecule has 3 aromatic rings. The van der Waals surface area contributed by atoms with Crippen molar-refractivity contribution >= 4 is 79.4 Å². The third kappa shape index (κ3) is 5.05. The first-order chi connectivity index (χ1) is 21.0. The van der Waals surface area contributed by atoms with Crippen LogP contribution in [0.1, 0.15) is 83.7 Å². The second-order valence-corrected chi connectivity index (χ2v) is 11.5. The van der Waals surface area contributed by atoms with Gasteiger partial charge in [-0.25, -0.2) is 9.97 Å². The van der Waals surface area contributed by atoms with Gasteiger partial charge in [0.15, 0.2) is 0 Å². The number of carboxylic acids is 1. The number of aliphatic hydroxyl groups excluding tert-OH is 1. The van der Waals surface area contributed by atoms with Crippen LogP contribution < -0.4 is 9.97 Å². The van der Waals surface area contributed by atoms with Crippen molar-refractivity contribution in [2.24, 2.45) is 0 Å². The first-order valence-corrected chi connectivity index (χ1v) is 14.7. The Bertz CT molecular complexity index is 2030. The minimum Gasteiger partial charge on any atom is -0.657 e. The molecule has 0 fully saturated rings. The smallest absolute Gasteiger partial charge is 0.657 e. The number of aryl methyl sites for hydroxylation is 4. The molecule has 0 saturated heterocycles. The van der Waals surface area contributed by atoms with Crippen LogP contribution in [0.5, 0.6) is 0 Å². The summed E-state index contributed by atoms with van der Waals surface area (Å²) in [6.07, 6.45) is 1.39. The van der Waals surface area contributed by atoms with Gasteiger partial charge in [0.2, 0.25) is 0 Å². The number of ether oxygens (including phenoxy) is 1. The number of hydrogen-bond acceptors (Lipinski definition) is 6. The summed E-state index contributed by atoms with van der Waals surface area (Å²) in [7, 11) is 1.28. The third-order valence-electron chi connectivity index (χ3n) is 9.18. The number of aliphatic hydroxyl groups is 1. The Hall–Kier alpha value is -3.99. The van der Waals surface area contributed by atoms with Crippen LogP contribution in [0.4, 0.5) is 0 Å². The zero-order chi connectivity index (χ0) is 31.6. The molecule has 0 aromatic carbocycles. The van der Waals surface area contributed by atoms with E-state index in [2.05, 4.69) is 20.4 Å². The SMILES string of the molecule is C=CC1=C(C)c2cc3[n-]c(c(CCC(=O)O)c3C)c3c4nc(cc5[n-]c(cc1n2)c(C)c5CC)C(C)=C4[C@H](O)[C@@H]3C(=O)OC.[Mg+2]. The van der Waals surface area contributed by atoms with Gasteiger partial charge in [-0.2, -0.15) is 0 Å². The second-order valence-electron chi connectivity index (χ2n) is 11.5. The zero-order valence-electron chi connectivity index (χ0n) is 26.4. The van der Waals surface area contributed by atoms with Crippen molar-refractivity contribution in [3.63, 3.8) is 0 Å². The molecule has 2 N–H and O–H groups in total. The summed E-state index contributed by atoms with van der Waals surface area (Å²) in [5.74, 6) is -2.64. The average Bonchev–Trinajstić information content (AvgIpc) is 3.72. The van der Waals surface area contributed by atoms with E-state index in [1.165, 1.54) is 7.11 Å². The van der Waals surface area contributed by atoms with Crippen LogP contribution in [0.2, 0.25) is 0 Å². The standard InChI is InChI=1S/C35H35N4O5.Mg/c1-8-19-15(3)22-12-24-17(5)21(10-11-28(40)41)32(38-24)30-31(35(43)44-7)34(42)29-18(6)25(39-33(29)30)14-27-20(9-2)16(4)23(37-27)13-26(19)36-22;/h8,12-14,31,34,42H,1,9-11H2,2-7H3,(H2-,36,37,38,39,40,41);/q-1;+2/p-1/t31-,34+;/m1./s1. The fourth-order valence-corrected chi connectivity index (χ4v) is 6.73. The van der Waals surface area contributed by atoms with E-state index in [4.69, 9.17) is 24.7 Å². The van der Waals surface area contributed by atoms with Crippen LogP contribution in [0.15, 0.2) is 30.9 Å². The largest absolute Gasteiger partial charge is 2.00 e. The number of aromatic nitrogens is 4. The van der Waals surface area contributed by atoms with Crippen LogP contribution in [-0.4, -0.2) is 68.4 Å². The fraction of sp³-hybridized carbons (Fsp3) is 0.314. The van der Waals surface area contributed by atoms with E-state index in [9.17, 15) is 19.8 Å². The molecule has 2 atom stereocenters. The number of aliphatic carboxylic acids is 1. The van der Waals surface area contributed by atoms with Crippen LogP contribution >= 0.6 is 0 Å². The van der Waals surface area contributed by atoms with E-state index in [1.807, 2.05) is 39.0 Å². The summed E-state index contributed by atoms with van der Waals surface area (Å²) in [5, 5.41) is 21.2. The maximum absolute atomic E-state index is 13.2. The summed E-state index contributed by atoms with van der Waals surface area (Å²) >= 11 is 0. The summed E-state index contributed by atoms with van der Waals surface area (Å²) in [6, 6.07) is 5.79. The van der Waals surface area contributed by atoms with Gasteiger partial charge in [-0.3, -0.25) is 9.59 Å². The van der Waals surface area contributed by atoms with E-state index in [1.54, 1.807) is 6.08 Å². The van der Waals surface area contributed by atoms with Crippen LogP contribution in [0, 0.1) is 13.8 Å². The summed E-state index contributed by atoms with van der Waals surface area (Å²) in [5.41, 5.74) is 12.3. The molecule has 0 saturated carbocycles. The van der Waals surface area contributed by atoms with Gasteiger partial charge in [-0.15, -0.1) is 22.1 Å². The maximum atomic E-state index is 13.2. The Morgan fingerprint density at radius 1 is 0.956 bits per heavy atom. The molecular weight excluding hydrogens is 581 g/mol.